The van der Waals surface area contributed by atoms with Crippen molar-refractivity contribution in [2.24, 2.45) is 11.1 Å². The summed E-state index contributed by atoms with van der Waals surface area (Å²) in [5.41, 5.74) is 0.399. The van der Waals surface area contributed by atoms with E-state index in [4.69, 9.17) is 9.88 Å². The second-order valence-corrected chi connectivity index (χ2v) is 8.43. The van der Waals surface area contributed by atoms with E-state index in [2.05, 4.69) is 4.72 Å². The first-order valence-corrected chi connectivity index (χ1v) is 9.42. The summed E-state index contributed by atoms with van der Waals surface area (Å²) in [6, 6.07) is 4.04. The lowest BCUT2D eigenvalue weighted by Crippen LogP contribution is -2.28. The van der Waals surface area contributed by atoms with E-state index in [1.54, 1.807) is 13.8 Å². The number of nitrogens with one attached hydrogen (secondary N) is 1. The molecule has 1 aromatic carbocycles. The van der Waals surface area contributed by atoms with E-state index in [9.17, 15) is 16.8 Å². The van der Waals surface area contributed by atoms with Crippen LogP contribution in [0.3, 0.4) is 0 Å². The van der Waals surface area contributed by atoms with Gasteiger partial charge in [0.05, 0.1) is 17.8 Å². The fourth-order valence-corrected chi connectivity index (χ4v) is 3.69. The molecule has 1 rings (SSSR count). The van der Waals surface area contributed by atoms with Crippen LogP contribution in [-0.2, 0) is 26.6 Å². The van der Waals surface area contributed by atoms with E-state index in [-0.39, 0.29) is 23.1 Å². The van der Waals surface area contributed by atoms with Gasteiger partial charge in [-0.05, 0) is 24.1 Å². The van der Waals surface area contributed by atoms with Gasteiger partial charge in [-0.15, -0.1) is 0 Å². The van der Waals surface area contributed by atoms with Crippen LogP contribution in [-0.4, -0.2) is 29.7 Å². The van der Waals surface area contributed by atoms with Gasteiger partial charge in [-0.25, -0.2) is 26.7 Å². The first-order chi connectivity index (χ1) is 9.55. The van der Waals surface area contributed by atoms with Gasteiger partial charge >= 0.3 is 0 Å². The third-order valence-corrected chi connectivity index (χ3v) is 5.22. The molecule has 3 N–H and O–H groups in total. The van der Waals surface area contributed by atoms with Gasteiger partial charge in [0.15, 0.2) is 0 Å². The van der Waals surface area contributed by atoms with E-state index in [0.717, 1.165) is 0 Å². The maximum Gasteiger partial charge on any atom is 0.238 e. The highest BCUT2D eigenvalue weighted by atomic mass is 32.2. The summed E-state index contributed by atoms with van der Waals surface area (Å²) in [5.74, 6) is 0.360. The van der Waals surface area contributed by atoms with Gasteiger partial charge in [-0.3, -0.25) is 0 Å². The monoisotopic (exact) mass is 336 g/mol. The Hall–Kier alpha value is -1.16. The van der Waals surface area contributed by atoms with Crippen molar-refractivity contribution in [1.82, 2.24) is 4.72 Å². The topological polar surface area (TPSA) is 116 Å². The number of methoxy groups -OCH3 is 1. The predicted octanol–water partition coefficient (Wildman–Crippen LogP) is 0.418. The number of primary sulfonamides is 1. The van der Waals surface area contributed by atoms with Crippen LogP contribution in [0, 0.1) is 5.92 Å². The molecule has 0 aliphatic carbocycles. The van der Waals surface area contributed by atoms with Gasteiger partial charge in [-0.2, -0.15) is 0 Å². The zero-order chi connectivity index (χ0) is 16.3. The van der Waals surface area contributed by atoms with Crippen molar-refractivity contribution in [2.45, 2.75) is 25.3 Å². The Morgan fingerprint density at radius 1 is 1.24 bits per heavy atom. The molecule has 0 amide bonds. The Bertz CT molecular complexity index is 696. The summed E-state index contributed by atoms with van der Waals surface area (Å²) in [5, 5.41) is 5.06. The Morgan fingerprint density at radius 2 is 1.86 bits per heavy atom. The molecule has 1 aromatic rings. The molecule has 0 fully saturated rings. The Labute approximate surface area is 125 Å². The largest absolute Gasteiger partial charge is 0.496 e. The zero-order valence-electron chi connectivity index (χ0n) is 12.2. The number of benzene rings is 1. The minimum Gasteiger partial charge on any atom is -0.496 e. The Balaban J connectivity index is 3.02. The lowest BCUT2D eigenvalue weighted by atomic mass is 10.2. The summed E-state index contributed by atoms with van der Waals surface area (Å²) < 4.78 is 53.8. The molecule has 0 aliphatic rings. The molecule has 0 saturated heterocycles. The SMILES string of the molecule is COc1ccc(S(N)(=O)=O)cc1CNS(=O)(=O)CC(C)C. The summed E-state index contributed by atoms with van der Waals surface area (Å²) in [6.45, 7) is 3.52. The van der Waals surface area contributed by atoms with Crippen LogP contribution >= 0.6 is 0 Å². The predicted molar refractivity (Wildman–Crippen MR) is 79.8 cm³/mol. The number of hydrogen-bond acceptors (Lipinski definition) is 5. The van der Waals surface area contributed by atoms with Crippen molar-refractivity contribution in [1.29, 1.82) is 0 Å². The van der Waals surface area contributed by atoms with Crippen LogP contribution in [0.4, 0.5) is 0 Å². The lowest BCUT2D eigenvalue weighted by Gasteiger charge is -2.12. The van der Waals surface area contributed by atoms with E-state index in [1.807, 2.05) is 0 Å². The van der Waals surface area contributed by atoms with Gasteiger partial charge in [0.25, 0.3) is 0 Å². The zero-order valence-corrected chi connectivity index (χ0v) is 13.8. The van der Waals surface area contributed by atoms with Gasteiger partial charge in [0.1, 0.15) is 5.75 Å². The quantitative estimate of drug-likeness (QED) is 0.748. The van der Waals surface area contributed by atoms with E-state index >= 15 is 0 Å². The van der Waals surface area contributed by atoms with E-state index in [1.165, 1.54) is 25.3 Å². The van der Waals surface area contributed by atoms with Crippen LogP contribution in [0.15, 0.2) is 23.1 Å². The van der Waals surface area contributed by atoms with Crippen molar-refractivity contribution in [3.8, 4) is 5.75 Å². The molecule has 0 aliphatic heterocycles. The molecule has 0 bridgehead atoms. The molecule has 0 unspecified atom stereocenters. The number of nitrogens with two attached hydrogens (primary N) is 1. The molecule has 21 heavy (non-hydrogen) atoms. The third kappa shape index (κ3) is 5.62. The van der Waals surface area contributed by atoms with Crippen LogP contribution in [0.2, 0.25) is 0 Å². The fourth-order valence-electron chi connectivity index (χ4n) is 1.76. The van der Waals surface area contributed by atoms with Gasteiger partial charge in [0, 0.05) is 12.1 Å². The van der Waals surface area contributed by atoms with Crippen molar-refractivity contribution in [2.75, 3.05) is 12.9 Å². The van der Waals surface area contributed by atoms with Crippen molar-refractivity contribution >= 4 is 20.0 Å². The van der Waals surface area contributed by atoms with Gasteiger partial charge < -0.3 is 4.74 Å². The Kier molecular flexibility index (Phi) is 5.74. The lowest BCUT2D eigenvalue weighted by molar-refractivity contribution is 0.408. The average Bonchev–Trinajstić information content (AvgIpc) is 2.33. The molecule has 0 saturated carbocycles. The Morgan fingerprint density at radius 3 is 2.33 bits per heavy atom. The van der Waals surface area contributed by atoms with Crippen molar-refractivity contribution in [3.05, 3.63) is 23.8 Å². The fraction of sp³-hybridized carbons (Fsp3) is 0.500. The molecular weight excluding hydrogens is 316 g/mol. The first-order valence-electron chi connectivity index (χ1n) is 6.22. The minimum atomic E-state index is -3.86. The summed E-state index contributed by atoms with van der Waals surface area (Å²) in [6.07, 6.45) is 0. The normalized spacial score (nSPS) is 12.6. The highest BCUT2D eigenvalue weighted by molar-refractivity contribution is 7.89. The van der Waals surface area contributed by atoms with Crippen molar-refractivity contribution in [3.63, 3.8) is 0 Å². The highest BCUT2D eigenvalue weighted by Crippen LogP contribution is 2.22. The minimum absolute atomic E-state index is 0.00973. The molecule has 0 spiro atoms. The van der Waals surface area contributed by atoms with Gasteiger partial charge in [0.2, 0.25) is 20.0 Å². The van der Waals surface area contributed by atoms with E-state index < -0.39 is 20.0 Å². The van der Waals surface area contributed by atoms with E-state index in [0.29, 0.717) is 11.3 Å². The smallest absolute Gasteiger partial charge is 0.238 e. The summed E-state index contributed by atoms with van der Waals surface area (Å²) in [7, 11) is -5.88. The highest BCUT2D eigenvalue weighted by Gasteiger charge is 2.16. The average molecular weight is 336 g/mol. The van der Waals surface area contributed by atoms with Gasteiger partial charge in [-0.1, -0.05) is 13.8 Å². The molecule has 0 atom stereocenters. The maximum atomic E-state index is 11.8. The number of ether oxygens (including phenoxy) is 1. The number of hydrogen-bond donors (Lipinski definition) is 2. The first kappa shape index (κ1) is 17.9. The maximum absolute atomic E-state index is 11.8. The third-order valence-electron chi connectivity index (χ3n) is 2.62. The molecule has 0 aromatic heterocycles. The molecule has 0 radical (unpaired) electrons. The van der Waals surface area contributed by atoms with Crippen LogP contribution in [0.25, 0.3) is 0 Å². The molecular formula is C12H20N2O5S2. The number of sulfonamides is 2. The second kappa shape index (κ2) is 6.73. The number of rotatable bonds is 7. The van der Waals surface area contributed by atoms with Crippen LogP contribution < -0.4 is 14.6 Å². The van der Waals surface area contributed by atoms with Crippen molar-refractivity contribution < 1.29 is 21.6 Å². The summed E-state index contributed by atoms with van der Waals surface area (Å²) in [4.78, 5) is -0.0960. The molecule has 7 nitrogen and oxygen atoms in total. The molecule has 120 valence electrons. The second-order valence-electron chi connectivity index (χ2n) is 5.02. The van der Waals surface area contributed by atoms with Crippen LogP contribution in [0.1, 0.15) is 19.4 Å². The molecule has 0 heterocycles. The molecule has 9 heteroatoms. The van der Waals surface area contributed by atoms with Crippen LogP contribution in [0.5, 0.6) is 5.75 Å². The standard InChI is InChI=1S/C12H20N2O5S2/c1-9(2)8-20(15,16)14-7-10-6-11(21(13,17)18)4-5-12(10)19-3/h4-6,9,14H,7-8H2,1-3H3,(H2,13,17,18). The summed E-state index contributed by atoms with van der Waals surface area (Å²) >= 11 is 0.